The number of H-pyrrole nitrogens is 1. The van der Waals surface area contributed by atoms with Crippen molar-refractivity contribution in [3.63, 3.8) is 0 Å². The van der Waals surface area contributed by atoms with E-state index in [4.69, 9.17) is 14.6 Å². The molecule has 2 N–H and O–H groups in total. The third kappa shape index (κ3) is 5.50. The van der Waals surface area contributed by atoms with Crippen LogP contribution in [0.1, 0.15) is 19.4 Å². The molecule has 3 aromatic rings. The van der Waals surface area contributed by atoms with Crippen LogP contribution in [0.3, 0.4) is 0 Å². The minimum absolute atomic E-state index is 0.00935. The molecule has 0 spiro atoms. The van der Waals surface area contributed by atoms with E-state index in [1.807, 2.05) is 13.0 Å². The minimum atomic E-state index is -2.61. The van der Waals surface area contributed by atoms with Crippen molar-refractivity contribution in [1.82, 2.24) is 25.1 Å². The van der Waals surface area contributed by atoms with Gasteiger partial charge in [-0.25, -0.2) is 13.8 Å². The van der Waals surface area contributed by atoms with E-state index in [1.54, 1.807) is 38.4 Å². The van der Waals surface area contributed by atoms with Gasteiger partial charge in [-0.05, 0) is 32.4 Å². The topological polar surface area (TPSA) is 123 Å². The quantitative estimate of drug-likeness (QED) is 0.527. The summed E-state index contributed by atoms with van der Waals surface area (Å²) in [6.45, 7) is 4.23. The second-order valence-corrected chi connectivity index (χ2v) is 7.42. The number of pyridine rings is 2. The Morgan fingerprint density at radius 2 is 2.00 bits per heavy atom. The van der Waals surface area contributed by atoms with Crippen LogP contribution in [0.25, 0.3) is 22.6 Å². The highest BCUT2D eigenvalue weighted by molar-refractivity contribution is 5.73. The number of rotatable bonds is 9. The fourth-order valence-electron chi connectivity index (χ4n) is 2.48. The van der Waals surface area contributed by atoms with E-state index >= 15 is 0 Å². The van der Waals surface area contributed by atoms with E-state index in [1.165, 1.54) is 0 Å². The molecule has 0 amide bonds. The number of aromatic nitrogens is 5. The van der Waals surface area contributed by atoms with Gasteiger partial charge < -0.3 is 14.6 Å². The zero-order chi connectivity index (χ0) is 22.6. The van der Waals surface area contributed by atoms with Gasteiger partial charge in [-0.1, -0.05) is 6.07 Å². The maximum atomic E-state index is 12.2. The Morgan fingerprint density at radius 1 is 1.23 bits per heavy atom. The first-order valence-corrected chi connectivity index (χ1v) is 9.28. The summed E-state index contributed by atoms with van der Waals surface area (Å²) in [5.41, 5.74) is 1.92. The van der Waals surface area contributed by atoms with Crippen LogP contribution in [0, 0.1) is 12.3 Å². The van der Waals surface area contributed by atoms with E-state index in [0.717, 1.165) is 16.7 Å². The van der Waals surface area contributed by atoms with Gasteiger partial charge in [0.1, 0.15) is 12.3 Å². The first-order valence-electron chi connectivity index (χ1n) is 9.28. The number of nitrogens with zero attached hydrogens (tertiary/aromatic N) is 4. The molecular weight excluding hydrogens is 412 g/mol. The number of carboxylic acid groups (broad SMARTS) is 1. The molecule has 0 aliphatic heterocycles. The first kappa shape index (κ1) is 22.1. The highest BCUT2D eigenvalue weighted by Crippen LogP contribution is 2.27. The molecule has 164 valence electrons. The Balaban J connectivity index is 1.70. The number of hydrogen-bond donors (Lipinski definition) is 2. The zero-order valence-electron chi connectivity index (χ0n) is 17.1. The smallest absolute Gasteiger partial charge is 0.336 e. The predicted molar refractivity (Wildman–Crippen MR) is 106 cm³/mol. The van der Waals surface area contributed by atoms with Crippen LogP contribution in [-0.2, 0) is 4.79 Å². The summed E-state index contributed by atoms with van der Waals surface area (Å²) in [6.07, 6.45) is 0.631. The first-order chi connectivity index (χ1) is 14.7. The number of carbonyl (C=O) groups is 1. The molecule has 0 aromatic carbocycles. The van der Waals surface area contributed by atoms with Crippen LogP contribution in [0.2, 0.25) is 0 Å². The van der Waals surface area contributed by atoms with Crippen molar-refractivity contribution in [3.8, 4) is 34.5 Å². The van der Waals surface area contributed by atoms with E-state index < -0.39 is 24.4 Å². The van der Waals surface area contributed by atoms with Crippen molar-refractivity contribution < 1.29 is 28.2 Å². The number of halogens is 2. The predicted octanol–water partition coefficient (Wildman–Crippen LogP) is 3.37. The number of aryl methyl sites for hydroxylation is 1. The SMILES string of the molecule is Cc1cc(OCC(C)(C)C(=O)O)ncc1-c1ccc(-c2nc(OCC(F)F)n[nH]2)nc1. The summed E-state index contributed by atoms with van der Waals surface area (Å²) in [7, 11) is 0. The average molecular weight is 433 g/mol. The van der Waals surface area contributed by atoms with Gasteiger partial charge in [0.05, 0.1) is 5.41 Å². The second kappa shape index (κ2) is 9.02. The van der Waals surface area contributed by atoms with Crippen molar-refractivity contribution in [2.24, 2.45) is 5.41 Å². The van der Waals surface area contributed by atoms with E-state index in [2.05, 4.69) is 25.1 Å². The lowest BCUT2D eigenvalue weighted by Crippen LogP contribution is -2.30. The van der Waals surface area contributed by atoms with Crippen molar-refractivity contribution in [1.29, 1.82) is 0 Å². The molecule has 0 radical (unpaired) electrons. The molecule has 0 saturated carbocycles. The van der Waals surface area contributed by atoms with Crippen molar-refractivity contribution in [2.75, 3.05) is 13.2 Å². The zero-order valence-corrected chi connectivity index (χ0v) is 17.1. The molecule has 31 heavy (non-hydrogen) atoms. The van der Waals surface area contributed by atoms with Crippen molar-refractivity contribution in [3.05, 3.63) is 36.2 Å². The average Bonchev–Trinajstić information content (AvgIpc) is 3.20. The largest absolute Gasteiger partial charge is 0.481 e. The lowest BCUT2D eigenvalue weighted by molar-refractivity contribution is -0.148. The molecule has 0 fully saturated rings. The van der Waals surface area contributed by atoms with Crippen LogP contribution in [0.15, 0.2) is 30.6 Å². The van der Waals surface area contributed by atoms with Gasteiger partial charge in [0.25, 0.3) is 6.43 Å². The molecule has 3 aromatic heterocycles. The number of aromatic amines is 1. The lowest BCUT2D eigenvalue weighted by Gasteiger charge is -2.19. The summed E-state index contributed by atoms with van der Waals surface area (Å²) in [5.74, 6) is -0.333. The van der Waals surface area contributed by atoms with Gasteiger partial charge in [-0.2, -0.15) is 4.98 Å². The Labute approximate surface area is 176 Å². The molecule has 3 heterocycles. The summed E-state index contributed by atoms with van der Waals surface area (Å²) in [6, 6.07) is 5.06. The highest BCUT2D eigenvalue weighted by Gasteiger charge is 2.28. The Morgan fingerprint density at radius 3 is 2.61 bits per heavy atom. The number of alkyl halides is 2. The van der Waals surface area contributed by atoms with Crippen LogP contribution in [-0.4, -0.2) is 55.9 Å². The van der Waals surface area contributed by atoms with Gasteiger partial charge >= 0.3 is 12.0 Å². The Bertz CT molecular complexity index is 1050. The Kier molecular flexibility index (Phi) is 6.42. The molecule has 0 unspecified atom stereocenters. The summed E-state index contributed by atoms with van der Waals surface area (Å²) in [5, 5.41) is 15.5. The molecule has 0 bridgehead atoms. The van der Waals surface area contributed by atoms with E-state index in [-0.39, 0.29) is 18.4 Å². The molecule has 3 rings (SSSR count). The second-order valence-electron chi connectivity index (χ2n) is 7.42. The fraction of sp³-hybridized carbons (Fsp3) is 0.350. The number of hydrogen-bond acceptors (Lipinski definition) is 7. The molecule has 0 atom stereocenters. The summed E-state index contributed by atoms with van der Waals surface area (Å²) in [4.78, 5) is 23.7. The van der Waals surface area contributed by atoms with Crippen LogP contribution in [0.4, 0.5) is 8.78 Å². The van der Waals surface area contributed by atoms with Crippen LogP contribution < -0.4 is 9.47 Å². The normalized spacial score (nSPS) is 11.5. The molecule has 0 aliphatic carbocycles. The van der Waals surface area contributed by atoms with E-state index in [9.17, 15) is 13.6 Å². The number of aliphatic carboxylic acids is 1. The minimum Gasteiger partial charge on any atom is -0.481 e. The van der Waals surface area contributed by atoms with Gasteiger partial charge in [0.15, 0.2) is 12.4 Å². The molecule has 11 heteroatoms. The van der Waals surface area contributed by atoms with Gasteiger partial charge in [0.2, 0.25) is 5.88 Å². The maximum Gasteiger partial charge on any atom is 0.336 e. The third-order valence-corrected chi connectivity index (χ3v) is 4.37. The highest BCUT2D eigenvalue weighted by atomic mass is 19.3. The summed E-state index contributed by atoms with van der Waals surface area (Å²) >= 11 is 0. The molecule has 9 nitrogen and oxygen atoms in total. The molecule has 0 aliphatic rings. The van der Waals surface area contributed by atoms with Gasteiger partial charge in [-0.3, -0.25) is 14.9 Å². The third-order valence-electron chi connectivity index (χ3n) is 4.37. The fourth-order valence-corrected chi connectivity index (χ4v) is 2.48. The Hall–Kier alpha value is -3.63. The monoisotopic (exact) mass is 433 g/mol. The lowest BCUT2D eigenvalue weighted by atomic mass is 9.95. The maximum absolute atomic E-state index is 12.2. The van der Waals surface area contributed by atoms with Gasteiger partial charge in [0, 0.05) is 29.6 Å². The van der Waals surface area contributed by atoms with E-state index in [0.29, 0.717) is 11.6 Å². The van der Waals surface area contributed by atoms with Crippen LogP contribution >= 0.6 is 0 Å². The van der Waals surface area contributed by atoms with Crippen molar-refractivity contribution in [2.45, 2.75) is 27.2 Å². The van der Waals surface area contributed by atoms with Crippen molar-refractivity contribution >= 4 is 5.97 Å². The van der Waals surface area contributed by atoms with Crippen LogP contribution in [0.5, 0.6) is 11.9 Å². The number of nitrogens with one attached hydrogen (secondary N) is 1. The number of ether oxygens (including phenoxy) is 2. The number of carboxylic acids is 1. The molecular formula is C20H21F2N5O4. The van der Waals surface area contributed by atoms with Gasteiger partial charge in [-0.15, -0.1) is 5.10 Å². The summed E-state index contributed by atoms with van der Waals surface area (Å²) < 4.78 is 34.7. The molecule has 0 saturated heterocycles. The standard InChI is InChI=1S/C20H21F2N5O4/c1-11-6-16(31-10-20(2,3)18(28)29)24-8-13(11)12-4-5-14(23-7-12)17-25-19(27-26-17)30-9-15(21)22/h4-8,15H,9-10H2,1-3H3,(H,28,29)(H,25,26,27).